The summed E-state index contributed by atoms with van der Waals surface area (Å²) >= 11 is 9.12. The van der Waals surface area contributed by atoms with Crippen LogP contribution in [-0.2, 0) is 7.05 Å². The van der Waals surface area contributed by atoms with Gasteiger partial charge in [-0.1, -0.05) is 45.8 Å². The first-order valence-electron chi connectivity index (χ1n) is 10.2. The number of ether oxygens (including phenoxy) is 2. The van der Waals surface area contributed by atoms with Crippen LogP contribution in [-0.4, -0.2) is 34.9 Å². The molecule has 1 aliphatic carbocycles. The van der Waals surface area contributed by atoms with Gasteiger partial charge < -0.3 is 9.47 Å². The average molecular weight is 567 g/mol. The number of hydrogen-bond acceptors (Lipinski definition) is 5. The fourth-order valence-corrected chi connectivity index (χ4v) is 6.51. The van der Waals surface area contributed by atoms with Crippen molar-refractivity contribution in [3.8, 4) is 22.1 Å². The Balaban J connectivity index is 1.68. The molecule has 1 heterocycles. The van der Waals surface area contributed by atoms with E-state index < -0.39 is 0 Å². The van der Waals surface area contributed by atoms with Crippen molar-refractivity contribution in [3.63, 3.8) is 0 Å². The van der Waals surface area contributed by atoms with Crippen LogP contribution in [0.15, 0.2) is 51.9 Å². The Kier molecular flexibility index (Phi) is 7.19. The van der Waals surface area contributed by atoms with E-state index in [2.05, 4.69) is 44.0 Å². The SMILES string of the molecule is COc1ccc(C2C(Br)CCCC2N=c2sc(-c3ccc(OC)c(Br)c3)nn2C)cc1. The van der Waals surface area contributed by atoms with Crippen molar-refractivity contribution < 1.29 is 9.47 Å². The zero-order valence-corrected chi connectivity index (χ0v) is 21.7. The molecule has 0 amide bonds. The molecule has 1 aliphatic rings. The molecule has 0 bridgehead atoms. The molecule has 164 valence electrons. The zero-order chi connectivity index (χ0) is 22.0. The standard InChI is InChI=1S/C23H25Br2N3O2S/c1-28-23(31-22(27-28)15-9-12-20(30-3)18(25)13-15)26-19-6-4-5-17(24)21(19)14-7-10-16(29-2)11-8-14/h7-13,17,19,21H,4-6H2,1-3H3. The van der Waals surface area contributed by atoms with Crippen molar-refractivity contribution in [3.05, 3.63) is 57.3 Å². The summed E-state index contributed by atoms with van der Waals surface area (Å²) in [7, 11) is 5.33. The maximum Gasteiger partial charge on any atom is 0.203 e. The normalized spacial score (nSPS) is 21.8. The molecule has 8 heteroatoms. The summed E-state index contributed by atoms with van der Waals surface area (Å²) in [4.78, 5) is 6.53. The molecule has 0 N–H and O–H groups in total. The Hall–Kier alpha value is -1.64. The number of halogens is 2. The van der Waals surface area contributed by atoms with Crippen molar-refractivity contribution in [2.45, 2.75) is 36.0 Å². The second-order valence-electron chi connectivity index (χ2n) is 7.61. The minimum atomic E-state index is 0.202. The third-order valence-electron chi connectivity index (χ3n) is 5.67. The van der Waals surface area contributed by atoms with Crippen LogP contribution in [0.1, 0.15) is 30.7 Å². The molecule has 3 unspecified atom stereocenters. The third kappa shape index (κ3) is 4.91. The highest BCUT2D eigenvalue weighted by atomic mass is 79.9. The van der Waals surface area contributed by atoms with Gasteiger partial charge in [-0.3, -0.25) is 4.99 Å². The van der Waals surface area contributed by atoms with Gasteiger partial charge in [0.2, 0.25) is 4.80 Å². The Bertz CT molecular complexity index is 1110. The van der Waals surface area contributed by atoms with E-state index in [4.69, 9.17) is 19.6 Å². The highest BCUT2D eigenvalue weighted by molar-refractivity contribution is 9.10. The van der Waals surface area contributed by atoms with E-state index in [1.807, 2.05) is 42.1 Å². The van der Waals surface area contributed by atoms with E-state index in [-0.39, 0.29) is 6.04 Å². The first-order valence-corrected chi connectivity index (χ1v) is 12.7. The Morgan fingerprint density at radius 3 is 2.55 bits per heavy atom. The average Bonchev–Trinajstić information content (AvgIpc) is 3.14. The van der Waals surface area contributed by atoms with Gasteiger partial charge in [-0.05, 0) is 64.7 Å². The summed E-state index contributed by atoms with van der Waals surface area (Å²) in [5, 5.41) is 5.68. The van der Waals surface area contributed by atoms with Crippen LogP contribution in [0, 0.1) is 0 Å². The van der Waals surface area contributed by atoms with Crippen LogP contribution in [0.3, 0.4) is 0 Å². The largest absolute Gasteiger partial charge is 0.497 e. The number of rotatable bonds is 5. The van der Waals surface area contributed by atoms with Crippen molar-refractivity contribution in [1.82, 2.24) is 9.78 Å². The Morgan fingerprint density at radius 2 is 1.87 bits per heavy atom. The van der Waals surface area contributed by atoms with Crippen molar-refractivity contribution in [2.75, 3.05) is 14.2 Å². The van der Waals surface area contributed by atoms with Gasteiger partial charge in [-0.25, -0.2) is 4.68 Å². The minimum absolute atomic E-state index is 0.202. The maximum atomic E-state index is 5.34. The molecule has 1 saturated carbocycles. The number of nitrogens with zero attached hydrogens (tertiary/aromatic N) is 3. The molecule has 1 fully saturated rings. The van der Waals surface area contributed by atoms with E-state index in [0.717, 1.165) is 50.6 Å². The van der Waals surface area contributed by atoms with E-state index in [9.17, 15) is 0 Å². The topological polar surface area (TPSA) is 48.6 Å². The molecule has 1 aromatic heterocycles. The van der Waals surface area contributed by atoms with Crippen molar-refractivity contribution in [2.24, 2.45) is 12.0 Å². The number of benzene rings is 2. The van der Waals surface area contributed by atoms with Gasteiger partial charge in [-0.2, -0.15) is 5.10 Å². The van der Waals surface area contributed by atoms with E-state index in [1.165, 1.54) is 5.56 Å². The van der Waals surface area contributed by atoms with Gasteiger partial charge in [0.25, 0.3) is 0 Å². The second kappa shape index (κ2) is 9.88. The third-order valence-corrected chi connectivity index (χ3v) is 8.38. The van der Waals surface area contributed by atoms with Gasteiger partial charge >= 0.3 is 0 Å². The number of alkyl halides is 1. The van der Waals surface area contributed by atoms with E-state index in [1.54, 1.807) is 25.6 Å². The molecule has 31 heavy (non-hydrogen) atoms. The molecule has 0 saturated heterocycles. The lowest BCUT2D eigenvalue weighted by Crippen LogP contribution is -2.32. The van der Waals surface area contributed by atoms with E-state index in [0.29, 0.717) is 10.7 Å². The summed E-state index contributed by atoms with van der Waals surface area (Å²) in [5.41, 5.74) is 2.34. The monoisotopic (exact) mass is 565 g/mol. The number of methoxy groups -OCH3 is 2. The molecular weight excluding hydrogens is 542 g/mol. The highest BCUT2D eigenvalue weighted by Crippen LogP contribution is 2.40. The lowest BCUT2D eigenvalue weighted by atomic mass is 9.80. The fraction of sp³-hybridized carbons (Fsp3) is 0.391. The maximum absolute atomic E-state index is 5.34. The highest BCUT2D eigenvalue weighted by Gasteiger charge is 2.33. The van der Waals surface area contributed by atoms with Gasteiger partial charge in [-0.15, -0.1) is 0 Å². The molecule has 2 aromatic carbocycles. The molecule has 3 atom stereocenters. The van der Waals surface area contributed by atoms with Crippen LogP contribution in [0.2, 0.25) is 0 Å². The van der Waals surface area contributed by atoms with Gasteiger partial charge in [0.15, 0.2) is 0 Å². The van der Waals surface area contributed by atoms with Gasteiger partial charge in [0.1, 0.15) is 16.5 Å². The van der Waals surface area contributed by atoms with Gasteiger partial charge in [0.05, 0.1) is 24.7 Å². The van der Waals surface area contributed by atoms with Crippen molar-refractivity contribution in [1.29, 1.82) is 0 Å². The Morgan fingerprint density at radius 1 is 1.10 bits per heavy atom. The predicted octanol–water partition coefficient (Wildman–Crippen LogP) is 5.93. The summed E-state index contributed by atoms with van der Waals surface area (Å²) in [6, 6.07) is 14.6. The predicted molar refractivity (Wildman–Crippen MR) is 132 cm³/mol. The summed E-state index contributed by atoms with van der Waals surface area (Å²) in [6.07, 6.45) is 3.39. The number of hydrogen-bond donors (Lipinski definition) is 0. The van der Waals surface area contributed by atoms with Crippen LogP contribution in [0.5, 0.6) is 11.5 Å². The summed E-state index contributed by atoms with van der Waals surface area (Å²) in [6.45, 7) is 0. The molecule has 0 spiro atoms. The molecular formula is C23H25Br2N3O2S. The number of aromatic nitrogens is 2. The molecule has 0 radical (unpaired) electrons. The minimum Gasteiger partial charge on any atom is -0.497 e. The molecule has 4 rings (SSSR count). The molecule has 0 aliphatic heterocycles. The summed E-state index contributed by atoms with van der Waals surface area (Å²) in [5.74, 6) is 2.01. The lowest BCUT2D eigenvalue weighted by Gasteiger charge is -2.33. The first kappa shape index (κ1) is 22.6. The lowest BCUT2D eigenvalue weighted by molar-refractivity contribution is 0.392. The first-order chi connectivity index (χ1) is 15.0. The Labute approximate surface area is 203 Å². The van der Waals surface area contributed by atoms with Crippen LogP contribution < -0.4 is 14.3 Å². The van der Waals surface area contributed by atoms with Gasteiger partial charge in [0, 0.05) is 23.4 Å². The quantitative estimate of drug-likeness (QED) is 0.360. The van der Waals surface area contributed by atoms with Crippen LogP contribution >= 0.6 is 43.2 Å². The van der Waals surface area contributed by atoms with Crippen LogP contribution in [0.25, 0.3) is 10.6 Å². The molecule has 5 nitrogen and oxygen atoms in total. The summed E-state index contributed by atoms with van der Waals surface area (Å²) < 4.78 is 13.5. The fourth-order valence-electron chi connectivity index (χ4n) is 4.04. The number of aryl methyl sites for hydroxylation is 1. The second-order valence-corrected chi connectivity index (χ2v) is 10.6. The smallest absolute Gasteiger partial charge is 0.203 e. The zero-order valence-electron chi connectivity index (χ0n) is 17.7. The van der Waals surface area contributed by atoms with E-state index >= 15 is 0 Å². The van der Waals surface area contributed by atoms with Crippen molar-refractivity contribution >= 4 is 43.2 Å². The molecule has 3 aromatic rings. The van der Waals surface area contributed by atoms with Crippen LogP contribution in [0.4, 0.5) is 0 Å².